The lowest BCUT2D eigenvalue weighted by atomic mass is 10.1. The number of carboxylic acid groups (broad SMARTS) is 1. The summed E-state index contributed by atoms with van der Waals surface area (Å²) in [5, 5.41) is 18.6. The molecule has 2 aromatic rings. The Bertz CT molecular complexity index is 1010. The first kappa shape index (κ1) is 21.0. The molecule has 0 radical (unpaired) electrons. The summed E-state index contributed by atoms with van der Waals surface area (Å²) in [7, 11) is -0.656. The third kappa shape index (κ3) is 4.17. The average Bonchev–Trinajstić information content (AvgIpc) is 2.87. The third-order valence-corrected chi connectivity index (χ3v) is 4.72. The molecule has 13 nitrogen and oxygen atoms in total. The summed E-state index contributed by atoms with van der Waals surface area (Å²) in [6.07, 6.45) is 0. The lowest BCUT2D eigenvalue weighted by Gasteiger charge is -2.16. The number of rotatable bonds is 7. The summed E-state index contributed by atoms with van der Waals surface area (Å²) >= 11 is 0. The Kier molecular flexibility index (Phi) is 5.84. The van der Waals surface area contributed by atoms with Crippen LogP contribution < -0.4 is 19.9 Å². The minimum Gasteiger partial charge on any atom is -0.481 e. The summed E-state index contributed by atoms with van der Waals surface area (Å²) in [5.41, 5.74) is -0.827. The first-order valence-electron chi connectivity index (χ1n) is 7.55. The van der Waals surface area contributed by atoms with E-state index in [2.05, 4.69) is 20.4 Å². The zero-order chi connectivity index (χ0) is 21.2. The van der Waals surface area contributed by atoms with Crippen molar-refractivity contribution in [3.05, 3.63) is 23.0 Å². The van der Waals surface area contributed by atoms with E-state index < -0.39 is 38.4 Å². The lowest BCUT2D eigenvalue weighted by molar-refractivity contribution is -0.116. The van der Waals surface area contributed by atoms with Gasteiger partial charge in [-0.1, -0.05) is 0 Å². The van der Waals surface area contributed by atoms with Crippen molar-refractivity contribution in [3.63, 3.8) is 0 Å². The Morgan fingerprint density at radius 2 is 1.79 bits per heavy atom. The molecule has 0 saturated carbocycles. The first-order valence-corrected chi connectivity index (χ1v) is 9.16. The second-order valence-corrected chi connectivity index (χ2v) is 7.16. The molecule has 0 saturated heterocycles. The number of ether oxygens (including phenoxy) is 2. The third-order valence-electron chi connectivity index (χ3n) is 3.63. The number of sulfonamides is 1. The summed E-state index contributed by atoms with van der Waals surface area (Å²) in [5.74, 6) is -2.89. The number of hydrogen-bond donors (Lipinski definition) is 3. The summed E-state index contributed by atoms with van der Waals surface area (Å²) in [6, 6.07) is 1.33. The van der Waals surface area contributed by atoms with Gasteiger partial charge in [-0.25, -0.2) is 18.4 Å². The Balaban J connectivity index is 2.55. The molecular weight excluding hydrogens is 396 g/mol. The second kappa shape index (κ2) is 7.77. The number of nitrogens with zero attached hydrogens (tertiary/aromatic N) is 4. The molecule has 28 heavy (non-hydrogen) atoms. The van der Waals surface area contributed by atoms with E-state index in [9.17, 15) is 23.1 Å². The molecular formula is C14H18N6O7S. The number of carbonyl (C=O) groups excluding carboxylic acids is 1. The van der Waals surface area contributed by atoms with E-state index in [1.54, 1.807) is 0 Å². The molecule has 1 amide bonds. The van der Waals surface area contributed by atoms with Gasteiger partial charge in [0.05, 0.1) is 31.7 Å². The summed E-state index contributed by atoms with van der Waals surface area (Å²) in [6.45, 7) is 1.36. The first-order chi connectivity index (χ1) is 13.0. The fraction of sp³-hybridized carbons (Fsp3) is 0.357. The van der Waals surface area contributed by atoms with Crippen LogP contribution in [0.15, 0.2) is 6.07 Å². The molecule has 2 aromatic heterocycles. The number of carbonyl (C=O) groups is 2. The predicted molar refractivity (Wildman–Crippen MR) is 94.5 cm³/mol. The van der Waals surface area contributed by atoms with Crippen LogP contribution in [0.2, 0.25) is 0 Å². The van der Waals surface area contributed by atoms with E-state index in [-0.39, 0.29) is 23.4 Å². The highest BCUT2D eigenvalue weighted by atomic mass is 32.2. The highest BCUT2D eigenvalue weighted by Gasteiger charge is 2.39. The van der Waals surface area contributed by atoms with E-state index in [1.165, 1.54) is 34.3 Å². The van der Waals surface area contributed by atoms with Crippen molar-refractivity contribution in [2.75, 3.05) is 19.5 Å². The van der Waals surface area contributed by atoms with Gasteiger partial charge in [0, 0.05) is 7.05 Å². The Morgan fingerprint density at radius 3 is 2.21 bits per heavy atom. The molecule has 0 aliphatic carbocycles. The molecule has 0 fully saturated rings. The van der Waals surface area contributed by atoms with E-state index in [1.807, 2.05) is 0 Å². The molecule has 14 heteroatoms. The van der Waals surface area contributed by atoms with Gasteiger partial charge in [-0.15, -0.1) is 0 Å². The van der Waals surface area contributed by atoms with Crippen LogP contribution in [0.25, 0.3) is 0 Å². The Morgan fingerprint density at radius 1 is 1.25 bits per heavy atom. The van der Waals surface area contributed by atoms with Crippen molar-refractivity contribution in [2.24, 2.45) is 12.2 Å². The van der Waals surface area contributed by atoms with Crippen LogP contribution in [0.5, 0.6) is 11.8 Å². The van der Waals surface area contributed by atoms with E-state index in [4.69, 9.17) is 14.6 Å². The molecule has 0 aliphatic rings. The van der Waals surface area contributed by atoms with Crippen molar-refractivity contribution in [2.45, 2.75) is 12.2 Å². The highest BCUT2D eigenvalue weighted by molar-refractivity contribution is 7.90. The quantitative estimate of drug-likeness (QED) is 0.517. The van der Waals surface area contributed by atoms with Crippen LogP contribution in [-0.2, 0) is 21.9 Å². The second-order valence-electron chi connectivity index (χ2n) is 5.51. The number of methoxy groups -OCH3 is 2. The smallest absolute Gasteiger partial charge is 0.339 e. The molecule has 1 atom stereocenters. The minimum atomic E-state index is -4.59. The van der Waals surface area contributed by atoms with Gasteiger partial charge in [0.15, 0.2) is 5.25 Å². The number of amides is 1. The van der Waals surface area contributed by atoms with E-state index in [0.29, 0.717) is 0 Å². The van der Waals surface area contributed by atoms with E-state index in [0.717, 1.165) is 4.68 Å². The van der Waals surface area contributed by atoms with Gasteiger partial charge < -0.3 is 14.6 Å². The molecule has 0 aliphatic heterocycles. The number of aromatic nitrogens is 4. The summed E-state index contributed by atoms with van der Waals surface area (Å²) in [4.78, 5) is 32.0. The molecule has 2 heterocycles. The number of anilines is 1. The van der Waals surface area contributed by atoms with Crippen LogP contribution in [0.4, 0.5) is 5.95 Å². The average molecular weight is 414 g/mol. The Labute approximate surface area is 159 Å². The van der Waals surface area contributed by atoms with Crippen molar-refractivity contribution in [3.8, 4) is 11.8 Å². The standard InChI is InChI=1S/C14H18N6O7S/c1-6-9(13(22)23)10(20(2)19-6)11(28(15,24)25)12(21)18-14-16-7(26-3)5-8(17-14)27-4/h5,11H,1-4H3,(H,22,23)(H2,15,24,25)(H,16,17,18,21). The van der Waals surface area contributed by atoms with Crippen LogP contribution in [-0.4, -0.2) is 59.4 Å². The van der Waals surface area contributed by atoms with Gasteiger partial charge in [-0.05, 0) is 6.92 Å². The van der Waals surface area contributed by atoms with Gasteiger partial charge in [0.25, 0.3) is 5.91 Å². The number of primary sulfonamides is 1. The fourth-order valence-electron chi connectivity index (χ4n) is 2.51. The van der Waals surface area contributed by atoms with Gasteiger partial charge >= 0.3 is 5.97 Å². The zero-order valence-electron chi connectivity index (χ0n) is 15.3. The Hall–Kier alpha value is -3.26. The maximum Gasteiger partial charge on any atom is 0.339 e. The number of carboxylic acids is 1. The van der Waals surface area contributed by atoms with Gasteiger partial charge in [-0.2, -0.15) is 15.1 Å². The largest absolute Gasteiger partial charge is 0.481 e. The number of hydrogen-bond acceptors (Lipinski definition) is 9. The van der Waals surface area contributed by atoms with Crippen molar-refractivity contribution in [1.82, 2.24) is 19.7 Å². The molecule has 0 aromatic carbocycles. The van der Waals surface area contributed by atoms with Crippen LogP contribution in [0.3, 0.4) is 0 Å². The molecule has 4 N–H and O–H groups in total. The molecule has 0 bridgehead atoms. The predicted octanol–water partition coefficient (Wildman–Crippen LogP) is -0.798. The maximum absolute atomic E-state index is 12.7. The zero-order valence-corrected chi connectivity index (χ0v) is 16.1. The van der Waals surface area contributed by atoms with Crippen molar-refractivity contribution < 1.29 is 32.6 Å². The number of aryl methyl sites for hydroxylation is 2. The molecule has 2 rings (SSSR count). The molecule has 1 unspecified atom stereocenters. The maximum atomic E-state index is 12.7. The highest BCUT2D eigenvalue weighted by Crippen LogP contribution is 2.28. The summed E-state index contributed by atoms with van der Waals surface area (Å²) < 4.78 is 35.1. The van der Waals surface area contributed by atoms with Crippen LogP contribution >= 0.6 is 0 Å². The minimum absolute atomic E-state index is 0.0192. The fourth-order valence-corrected chi connectivity index (χ4v) is 3.45. The molecule has 0 spiro atoms. The van der Waals surface area contributed by atoms with Crippen molar-refractivity contribution >= 4 is 27.8 Å². The lowest BCUT2D eigenvalue weighted by Crippen LogP contribution is -2.35. The number of aromatic carboxylic acids is 1. The van der Waals surface area contributed by atoms with Crippen LogP contribution in [0, 0.1) is 6.92 Å². The normalized spacial score (nSPS) is 12.3. The number of nitrogens with two attached hydrogens (primary N) is 1. The van der Waals surface area contributed by atoms with Gasteiger partial charge in [0.2, 0.25) is 27.7 Å². The topological polar surface area (TPSA) is 189 Å². The number of nitrogens with one attached hydrogen (secondary N) is 1. The molecule has 152 valence electrons. The van der Waals surface area contributed by atoms with Gasteiger partial charge in [-0.3, -0.25) is 14.8 Å². The SMILES string of the molecule is COc1cc(OC)nc(NC(=O)C(c2c(C(=O)O)c(C)nn2C)S(N)(=O)=O)n1. The van der Waals surface area contributed by atoms with E-state index >= 15 is 0 Å². The van der Waals surface area contributed by atoms with Gasteiger partial charge in [0.1, 0.15) is 5.56 Å². The monoisotopic (exact) mass is 414 g/mol. The van der Waals surface area contributed by atoms with Crippen LogP contribution in [0.1, 0.15) is 27.0 Å². The van der Waals surface area contributed by atoms with Crippen molar-refractivity contribution in [1.29, 1.82) is 0 Å².